The van der Waals surface area contributed by atoms with E-state index in [4.69, 9.17) is 0 Å². The summed E-state index contributed by atoms with van der Waals surface area (Å²) in [6.07, 6.45) is 4.51. The van der Waals surface area contributed by atoms with Crippen LogP contribution in [0.1, 0.15) is 36.5 Å². The number of pyridine rings is 1. The maximum Gasteiger partial charge on any atom is 0.256 e. The lowest BCUT2D eigenvalue weighted by Crippen LogP contribution is -2.34. The smallest absolute Gasteiger partial charge is 0.256 e. The third-order valence-corrected chi connectivity index (χ3v) is 3.59. The highest BCUT2D eigenvalue weighted by Crippen LogP contribution is 2.20. The number of halogens is 1. The van der Waals surface area contributed by atoms with Crippen LogP contribution in [0.3, 0.4) is 0 Å². The van der Waals surface area contributed by atoms with Crippen LogP contribution in [-0.4, -0.2) is 40.6 Å². The number of aliphatic hydroxyl groups is 1. The number of aliphatic hydroxyl groups excluding tert-OH is 1. The van der Waals surface area contributed by atoms with Crippen molar-refractivity contribution < 1.29 is 14.3 Å². The number of aromatic nitrogens is 1. The molecule has 1 heterocycles. The van der Waals surface area contributed by atoms with Gasteiger partial charge in [-0.3, -0.25) is 9.78 Å². The molecule has 0 aliphatic heterocycles. The number of benzene rings is 1. The zero-order valence-corrected chi connectivity index (χ0v) is 12.8. The molecule has 1 amide bonds. The summed E-state index contributed by atoms with van der Waals surface area (Å²) in [7, 11) is 0. The highest BCUT2D eigenvalue weighted by molar-refractivity contribution is 6.05. The molecule has 4 nitrogen and oxygen atoms in total. The minimum absolute atomic E-state index is 0.113. The van der Waals surface area contributed by atoms with Gasteiger partial charge in [0.05, 0.1) is 17.7 Å². The summed E-state index contributed by atoms with van der Waals surface area (Å²) < 4.78 is 13.8. The van der Waals surface area contributed by atoms with Crippen molar-refractivity contribution in [1.82, 2.24) is 9.88 Å². The zero-order chi connectivity index (χ0) is 15.9. The molecule has 0 unspecified atom stereocenters. The monoisotopic (exact) mass is 304 g/mol. The topological polar surface area (TPSA) is 53.4 Å². The molecule has 5 heteroatoms. The fraction of sp³-hybridized carbons (Fsp3) is 0.412. The van der Waals surface area contributed by atoms with E-state index in [9.17, 15) is 14.3 Å². The first-order valence-corrected chi connectivity index (χ1v) is 7.61. The Morgan fingerprint density at radius 3 is 2.86 bits per heavy atom. The predicted molar refractivity (Wildman–Crippen MR) is 84.2 cm³/mol. The Labute approximate surface area is 129 Å². The van der Waals surface area contributed by atoms with E-state index in [1.807, 2.05) is 0 Å². The second kappa shape index (κ2) is 7.84. The van der Waals surface area contributed by atoms with Crippen molar-refractivity contribution in [3.8, 4) is 0 Å². The molecule has 0 bridgehead atoms. The van der Waals surface area contributed by atoms with Crippen molar-refractivity contribution in [1.29, 1.82) is 0 Å². The zero-order valence-electron chi connectivity index (χ0n) is 12.8. The quantitative estimate of drug-likeness (QED) is 0.800. The molecule has 0 aliphatic carbocycles. The van der Waals surface area contributed by atoms with E-state index >= 15 is 0 Å². The summed E-state index contributed by atoms with van der Waals surface area (Å²) in [4.78, 5) is 18.5. The molecule has 1 N–H and O–H groups in total. The van der Waals surface area contributed by atoms with Gasteiger partial charge in [0.25, 0.3) is 5.91 Å². The van der Waals surface area contributed by atoms with Crippen molar-refractivity contribution in [3.63, 3.8) is 0 Å². The summed E-state index contributed by atoms with van der Waals surface area (Å²) in [5.74, 6) is -0.741. The van der Waals surface area contributed by atoms with Crippen molar-refractivity contribution in [2.24, 2.45) is 0 Å². The van der Waals surface area contributed by atoms with E-state index in [1.165, 1.54) is 12.1 Å². The first-order valence-electron chi connectivity index (χ1n) is 7.61. The van der Waals surface area contributed by atoms with Crippen LogP contribution in [0.25, 0.3) is 10.9 Å². The Kier molecular flexibility index (Phi) is 5.83. The number of rotatable bonds is 7. The molecular formula is C17H21FN2O2. The molecule has 0 spiro atoms. The maximum atomic E-state index is 13.8. The number of hydrogen-bond acceptors (Lipinski definition) is 3. The van der Waals surface area contributed by atoms with Gasteiger partial charge >= 0.3 is 0 Å². The second-order valence-electron chi connectivity index (χ2n) is 5.25. The van der Waals surface area contributed by atoms with Gasteiger partial charge in [0.15, 0.2) is 0 Å². The Hall–Kier alpha value is -2.01. The average Bonchev–Trinajstić information content (AvgIpc) is 2.52. The molecular weight excluding hydrogens is 283 g/mol. The Bertz CT molecular complexity index is 646. The van der Waals surface area contributed by atoms with E-state index in [1.54, 1.807) is 23.2 Å². The van der Waals surface area contributed by atoms with E-state index in [-0.39, 0.29) is 24.6 Å². The molecule has 0 saturated carbocycles. The van der Waals surface area contributed by atoms with Gasteiger partial charge < -0.3 is 10.0 Å². The van der Waals surface area contributed by atoms with Gasteiger partial charge in [-0.05, 0) is 24.6 Å². The molecule has 0 atom stereocenters. The minimum atomic E-state index is -0.457. The Morgan fingerprint density at radius 2 is 2.14 bits per heavy atom. The van der Waals surface area contributed by atoms with Crippen LogP contribution in [0.2, 0.25) is 0 Å². The SMILES string of the molecule is CCCCCN(CCO)C(=O)c1cc(F)cc2cccnc12. The van der Waals surface area contributed by atoms with Crippen LogP contribution < -0.4 is 0 Å². The van der Waals surface area contributed by atoms with E-state index < -0.39 is 5.82 Å². The van der Waals surface area contributed by atoms with Crippen molar-refractivity contribution in [3.05, 3.63) is 41.8 Å². The van der Waals surface area contributed by atoms with Crippen molar-refractivity contribution >= 4 is 16.8 Å². The molecule has 2 aromatic rings. The Balaban J connectivity index is 2.33. The highest BCUT2D eigenvalue weighted by Gasteiger charge is 2.19. The number of amides is 1. The third-order valence-electron chi connectivity index (χ3n) is 3.59. The largest absolute Gasteiger partial charge is 0.395 e. The van der Waals surface area contributed by atoms with Crippen molar-refractivity contribution in [2.45, 2.75) is 26.2 Å². The molecule has 1 aromatic heterocycles. The summed E-state index contributed by atoms with van der Waals surface area (Å²) in [5, 5.41) is 9.77. The fourth-order valence-electron chi connectivity index (χ4n) is 2.48. The van der Waals surface area contributed by atoms with Crippen LogP contribution in [0.15, 0.2) is 30.5 Å². The van der Waals surface area contributed by atoms with Crippen LogP contribution in [0.4, 0.5) is 4.39 Å². The van der Waals surface area contributed by atoms with Gasteiger partial charge in [0, 0.05) is 24.7 Å². The van der Waals surface area contributed by atoms with Crippen molar-refractivity contribution in [2.75, 3.05) is 19.7 Å². The van der Waals surface area contributed by atoms with Gasteiger partial charge in [-0.2, -0.15) is 0 Å². The molecule has 0 radical (unpaired) electrons. The van der Waals surface area contributed by atoms with Crippen LogP contribution >= 0.6 is 0 Å². The Morgan fingerprint density at radius 1 is 1.32 bits per heavy atom. The molecule has 0 aliphatic rings. The number of fused-ring (bicyclic) bond motifs is 1. The number of carbonyl (C=O) groups excluding carboxylic acids is 1. The number of nitrogens with zero attached hydrogens (tertiary/aromatic N) is 2. The van der Waals surface area contributed by atoms with Gasteiger partial charge in [-0.15, -0.1) is 0 Å². The lowest BCUT2D eigenvalue weighted by atomic mass is 10.1. The molecule has 118 valence electrons. The molecule has 1 aromatic carbocycles. The van der Waals surface area contributed by atoms with Gasteiger partial charge in [-0.25, -0.2) is 4.39 Å². The standard InChI is InChI=1S/C17H21FN2O2/c1-2-3-4-8-20(9-10-21)17(22)15-12-14(18)11-13-6-5-7-19-16(13)15/h5-7,11-12,21H,2-4,8-10H2,1H3. The molecule has 2 rings (SSSR count). The number of unbranched alkanes of at least 4 members (excludes halogenated alkanes) is 2. The van der Waals surface area contributed by atoms with Crippen LogP contribution in [0.5, 0.6) is 0 Å². The molecule has 0 saturated heterocycles. The summed E-state index contributed by atoms with van der Waals surface area (Å²) in [6.45, 7) is 2.77. The number of hydrogen-bond donors (Lipinski definition) is 1. The molecule has 22 heavy (non-hydrogen) atoms. The second-order valence-corrected chi connectivity index (χ2v) is 5.25. The minimum Gasteiger partial charge on any atom is -0.395 e. The van der Waals surface area contributed by atoms with Gasteiger partial charge in [0.2, 0.25) is 0 Å². The fourth-order valence-corrected chi connectivity index (χ4v) is 2.48. The average molecular weight is 304 g/mol. The highest BCUT2D eigenvalue weighted by atomic mass is 19.1. The van der Waals surface area contributed by atoms with Gasteiger partial charge in [-0.1, -0.05) is 25.8 Å². The number of carbonyl (C=O) groups is 1. The van der Waals surface area contributed by atoms with E-state index in [0.717, 1.165) is 19.3 Å². The first-order chi connectivity index (χ1) is 10.7. The summed E-state index contributed by atoms with van der Waals surface area (Å²) >= 11 is 0. The maximum absolute atomic E-state index is 13.8. The molecule has 0 fully saturated rings. The summed E-state index contributed by atoms with van der Waals surface area (Å²) in [6, 6.07) is 6.03. The van der Waals surface area contributed by atoms with Gasteiger partial charge in [0.1, 0.15) is 5.82 Å². The first kappa shape index (κ1) is 16.4. The van der Waals surface area contributed by atoms with E-state index in [2.05, 4.69) is 11.9 Å². The summed E-state index contributed by atoms with van der Waals surface area (Å²) in [5.41, 5.74) is 0.743. The van der Waals surface area contributed by atoms with Crippen LogP contribution in [0, 0.1) is 5.82 Å². The normalized spacial score (nSPS) is 10.9. The third kappa shape index (κ3) is 3.80. The predicted octanol–water partition coefficient (Wildman–Crippen LogP) is 3.00. The van der Waals surface area contributed by atoms with E-state index in [0.29, 0.717) is 17.4 Å². The van der Waals surface area contributed by atoms with Crippen LogP contribution in [-0.2, 0) is 0 Å². The lowest BCUT2D eigenvalue weighted by Gasteiger charge is -2.22. The lowest BCUT2D eigenvalue weighted by molar-refractivity contribution is 0.0720.